The van der Waals surface area contributed by atoms with E-state index in [1.165, 1.54) is 12.8 Å². The molecule has 0 unspecified atom stereocenters. The summed E-state index contributed by atoms with van der Waals surface area (Å²) in [6, 6.07) is 0. The normalized spacial score (nSPS) is 20.7. The first-order valence-electron chi connectivity index (χ1n) is 35.8. The largest absolute Gasteiger partial charge is 0.396 e. The average molecular weight is 1260 g/mol. The highest BCUT2D eigenvalue weighted by atomic mass is 16.3. The van der Waals surface area contributed by atoms with E-state index >= 15 is 0 Å². The van der Waals surface area contributed by atoms with Gasteiger partial charge in [0.2, 0.25) is 0 Å². The van der Waals surface area contributed by atoms with Crippen LogP contribution in [0, 0.1) is 154 Å². The fraction of sp³-hybridized carbons (Fsp3) is 0.878. The highest BCUT2D eigenvalue weighted by Crippen LogP contribution is 2.32. The van der Waals surface area contributed by atoms with Crippen molar-refractivity contribution < 1.29 is 30.6 Å². The number of aliphatic hydroxyl groups excluding tert-OH is 6. The summed E-state index contributed by atoms with van der Waals surface area (Å²) < 4.78 is 0. The van der Waals surface area contributed by atoms with Crippen molar-refractivity contribution in [2.75, 3.05) is 26.4 Å². The molecule has 0 spiro atoms. The molecule has 0 amide bonds. The molecule has 540 valence electrons. The number of hydrogen-bond acceptors (Lipinski definition) is 6. The van der Waals surface area contributed by atoms with Gasteiger partial charge in [0.1, 0.15) is 0 Å². The summed E-state index contributed by atoms with van der Waals surface area (Å²) in [6.45, 7) is 109. The van der Waals surface area contributed by atoms with Gasteiger partial charge in [-0.05, 0) is 181 Å². The monoisotopic (exact) mass is 1260 g/mol. The van der Waals surface area contributed by atoms with Crippen LogP contribution in [0.5, 0.6) is 0 Å². The standard InChI is InChI=1S/4C10H22.2C9H20.2C7H14O3.5C2H4/c4*1-7(2)9(5)10(6)8(3)4;2*1-7(2)6-9(5)8(3)4;2*8-3-5-1-6(4-9)7(10)2-5;5*1-2/h4*7-10H,1-6H3;2*7-9H,6H2,1-5H3;2*5-10H,1-4H2;5*1-2H2/t2*9-,10+;2*9-,10-;2*9-;2*5-,6+,7-;;;;;/m..110000...../s1. The maximum atomic E-state index is 9.22. The van der Waals surface area contributed by atoms with Crippen LogP contribution >= 0.6 is 0 Å². The summed E-state index contributed by atoms with van der Waals surface area (Å²) in [5.74, 6) is 19.2. The minimum absolute atomic E-state index is 0.00264. The van der Waals surface area contributed by atoms with Crippen LogP contribution in [-0.4, -0.2) is 69.3 Å². The second-order valence-corrected chi connectivity index (χ2v) is 30.6. The van der Waals surface area contributed by atoms with Crippen molar-refractivity contribution in [3.8, 4) is 0 Å². The molecule has 0 heterocycles. The predicted octanol–water partition coefficient (Wildman–Crippen LogP) is 23.7. The smallest absolute Gasteiger partial charge is 0.0593 e. The van der Waals surface area contributed by atoms with Crippen LogP contribution in [0.15, 0.2) is 65.8 Å². The molecule has 2 fully saturated rings. The molecule has 6 heteroatoms. The maximum absolute atomic E-state index is 9.22. The van der Waals surface area contributed by atoms with Crippen LogP contribution in [0.4, 0.5) is 0 Å². The summed E-state index contributed by atoms with van der Waals surface area (Å²) in [7, 11) is 0. The Morgan fingerprint density at radius 1 is 0.239 bits per heavy atom. The molecule has 2 aliphatic carbocycles. The minimum Gasteiger partial charge on any atom is -0.396 e. The Kier molecular flexibility index (Phi) is 89.9. The third-order valence-electron chi connectivity index (χ3n) is 20.2. The molecule has 2 aliphatic rings. The lowest BCUT2D eigenvalue weighted by Crippen LogP contribution is -2.18. The fourth-order valence-corrected chi connectivity index (χ4v) is 10.0. The first kappa shape index (κ1) is 111. The van der Waals surface area contributed by atoms with Gasteiger partial charge >= 0.3 is 0 Å². The Labute approximate surface area is 560 Å². The zero-order chi connectivity index (χ0) is 73.2. The van der Waals surface area contributed by atoms with Crippen molar-refractivity contribution in [1.29, 1.82) is 0 Å². The first-order chi connectivity index (χ1) is 40.5. The van der Waals surface area contributed by atoms with Crippen molar-refractivity contribution in [2.24, 2.45) is 154 Å². The van der Waals surface area contributed by atoms with Gasteiger partial charge < -0.3 is 30.6 Å². The Morgan fingerprint density at radius 3 is 0.443 bits per heavy atom. The predicted molar refractivity (Wildman–Crippen MR) is 408 cm³/mol. The Morgan fingerprint density at radius 2 is 0.386 bits per heavy atom. The van der Waals surface area contributed by atoms with Crippen LogP contribution in [0.2, 0.25) is 0 Å². The molecule has 0 saturated heterocycles. The van der Waals surface area contributed by atoms with E-state index in [9.17, 15) is 10.2 Å². The van der Waals surface area contributed by atoms with E-state index in [-0.39, 0.29) is 50.1 Å². The highest BCUT2D eigenvalue weighted by molar-refractivity contribution is 4.83. The molecule has 0 aromatic rings. The van der Waals surface area contributed by atoms with Gasteiger partial charge in [-0.2, -0.15) is 0 Å². The van der Waals surface area contributed by atoms with E-state index in [1.54, 1.807) is 0 Å². The molecular formula is C82H176O6. The lowest BCUT2D eigenvalue weighted by molar-refractivity contribution is 0.0898. The summed E-state index contributed by atoms with van der Waals surface area (Å²) in [6.07, 6.45) is 4.74. The molecule has 0 radical (unpaired) electrons. The molecule has 2 saturated carbocycles. The van der Waals surface area contributed by atoms with E-state index in [4.69, 9.17) is 20.4 Å². The Balaban J connectivity index is -0.0000000837. The highest BCUT2D eigenvalue weighted by Gasteiger charge is 2.32. The first-order valence-corrected chi connectivity index (χ1v) is 35.8. The summed E-state index contributed by atoms with van der Waals surface area (Å²) in [5.41, 5.74) is 0. The van der Waals surface area contributed by atoms with E-state index < -0.39 is 12.2 Å². The topological polar surface area (TPSA) is 121 Å². The average Bonchev–Trinajstić information content (AvgIpc) is 4.06. The van der Waals surface area contributed by atoms with Gasteiger partial charge in [-0.25, -0.2) is 0 Å². The Bertz CT molecular complexity index is 1120. The summed E-state index contributed by atoms with van der Waals surface area (Å²) in [4.78, 5) is 0. The third kappa shape index (κ3) is 65.9. The minimum atomic E-state index is -0.401. The molecule has 16 atom stereocenters. The number of aliphatic hydroxyl groups is 6. The molecule has 0 aromatic carbocycles. The SMILES string of the molecule is C=C.C=C.C=C.C=C.C=C.CC(C)C[C@H](C)C(C)C.CC(C)C[C@H](C)C(C)C.CC(C)[C@@H](C)[C@@H](C)C(C)C.CC(C)[C@@H](C)[C@@H](C)C(C)C.CC(C)[C@@H](C)[C@H](C)C(C)C.CC(C)[C@@H](C)[C@H](C)C(C)C.OC[C@H]1C[C@H](CO)[C@@H](O)C1.OC[C@H]1C[C@H](CO)[C@@H](O)C1. The Hall–Kier alpha value is -1.54. The van der Waals surface area contributed by atoms with Crippen molar-refractivity contribution in [3.63, 3.8) is 0 Å². The molecule has 2 rings (SSSR count). The maximum Gasteiger partial charge on any atom is 0.0593 e. The van der Waals surface area contributed by atoms with Crippen LogP contribution in [0.25, 0.3) is 0 Å². The lowest BCUT2D eigenvalue weighted by atomic mass is 9.80. The van der Waals surface area contributed by atoms with Gasteiger partial charge in [0.15, 0.2) is 0 Å². The summed E-state index contributed by atoms with van der Waals surface area (Å²) >= 11 is 0. The van der Waals surface area contributed by atoms with E-state index in [2.05, 4.69) is 301 Å². The van der Waals surface area contributed by atoms with Crippen molar-refractivity contribution in [1.82, 2.24) is 0 Å². The zero-order valence-corrected chi connectivity index (χ0v) is 67.0. The van der Waals surface area contributed by atoms with E-state index in [0.29, 0.717) is 12.8 Å². The van der Waals surface area contributed by atoms with Crippen LogP contribution in [-0.2, 0) is 0 Å². The lowest BCUT2D eigenvalue weighted by Gasteiger charge is -2.26. The van der Waals surface area contributed by atoms with Gasteiger partial charge in [-0.15, -0.1) is 65.8 Å². The molecular weight excluding hydrogens is 1080 g/mol. The van der Waals surface area contributed by atoms with Gasteiger partial charge in [-0.3, -0.25) is 0 Å². The number of hydrogen-bond donors (Lipinski definition) is 6. The van der Waals surface area contributed by atoms with Crippen LogP contribution in [0.3, 0.4) is 0 Å². The molecule has 88 heavy (non-hydrogen) atoms. The molecule has 0 bridgehead atoms. The third-order valence-corrected chi connectivity index (χ3v) is 20.2. The van der Waals surface area contributed by atoms with Gasteiger partial charge in [-0.1, -0.05) is 235 Å². The van der Waals surface area contributed by atoms with E-state index in [1.807, 2.05) is 0 Å². The summed E-state index contributed by atoms with van der Waals surface area (Å²) in [5, 5.41) is 53.3. The molecule has 6 nitrogen and oxygen atoms in total. The second kappa shape index (κ2) is 71.3. The van der Waals surface area contributed by atoms with Crippen molar-refractivity contribution >= 4 is 0 Å². The quantitative estimate of drug-likeness (QED) is 0.0601. The molecule has 6 N–H and O–H groups in total. The van der Waals surface area contributed by atoms with Crippen LogP contribution < -0.4 is 0 Å². The second-order valence-electron chi connectivity index (χ2n) is 30.6. The molecule has 0 aromatic heterocycles. The van der Waals surface area contributed by atoms with Crippen LogP contribution in [0.1, 0.15) is 274 Å². The zero-order valence-electron chi connectivity index (χ0n) is 67.0. The van der Waals surface area contributed by atoms with Gasteiger partial charge in [0.25, 0.3) is 0 Å². The van der Waals surface area contributed by atoms with Gasteiger partial charge in [0.05, 0.1) is 12.2 Å². The number of rotatable bonds is 22. The van der Waals surface area contributed by atoms with Gasteiger partial charge in [0, 0.05) is 38.3 Å². The molecule has 0 aliphatic heterocycles. The van der Waals surface area contributed by atoms with Crippen molar-refractivity contribution in [2.45, 2.75) is 286 Å². The fourth-order valence-electron chi connectivity index (χ4n) is 10.0. The van der Waals surface area contributed by atoms with E-state index in [0.717, 1.165) is 143 Å². The van der Waals surface area contributed by atoms with Crippen molar-refractivity contribution in [3.05, 3.63) is 65.8 Å².